The Bertz CT molecular complexity index is 335. The first-order valence-electron chi connectivity index (χ1n) is 3.08. The average Bonchev–Trinajstić information content (AvgIpc) is 1.93. The van der Waals surface area contributed by atoms with Crippen molar-refractivity contribution >= 4 is 28.6 Å². The van der Waals surface area contributed by atoms with E-state index < -0.39 is 24.0 Å². The summed E-state index contributed by atoms with van der Waals surface area (Å²) in [6.07, 6.45) is -13.1. The third kappa shape index (κ3) is 3.20. The molecule has 0 aliphatic carbocycles. The van der Waals surface area contributed by atoms with Crippen molar-refractivity contribution in [3.8, 4) is 12.3 Å². The first kappa shape index (κ1) is 15.9. The molecule has 11 heteroatoms. The van der Waals surface area contributed by atoms with Gasteiger partial charge in [-0.1, -0.05) is 5.92 Å². The van der Waals surface area contributed by atoms with E-state index in [2.05, 4.69) is 33.4 Å². The molecule has 0 fully saturated rings. The molecule has 0 bridgehead atoms. The molecule has 0 saturated carbocycles. The van der Waals surface area contributed by atoms with Gasteiger partial charge in [0, 0.05) is 0 Å². The molecular weight excluding hydrogens is 308 g/mol. The Hall–Kier alpha value is -0.0900. The van der Waals surface area contributed by atoms with E-state index in [1.807, 2.05) is 0 Å². The molecule has 0 radical (unpaired) electrons. The van der Waals surface area contributed by atoms with E-state index in [-0.39, 0.29) is 0 Å². The highest BCUT2D eigenvalue weighted by molar-refractivity contribution is 8.05. The summed E-state index contributed by atoms with van der Waals surface area (Å²) in [6.45, 7) is 0. The first-order chi connectivity index (χ1) is 6.77. The minimum Gasteiger partial charge on any atom is -0.268 e. The maximum atomic E-state index is 12.2. The molecule has 0 aromatic heterocycles. The highest BCUT2D eigenvalue weighted by Crippen LogP contribution is 2.64. The van der Waals surface area contributed by atoms with Gasteiger partial charge >= 0.3 is 24.0 Å². The van der Waals surface area contributed by atoms with Gasteiger partial charge in [0.25, 0.3) is 0 Å². The van der Waals surface area contributed by atoms with Gasteiger partial charge in [0.15, 0.2) is 0 Å². The van der Waals surface area contributed by atoms with Crippen molar-refractivity contribution in [1.82, 2.24) is 0 Å². The van der Waals surface area contributed by atoms with Gasteiger partial charge in [-0.25, -0.2) is 0 Å². The summed E-state index contributed by atoms with van der Waals surface area (Å²) in [5.41, 5.74) is -5.10. The van der Waals surface area contributed by atoms with Crippen LogP contribution in [0.2, 0.25) is 0 Å². The van der Waals surface area contributed by atoms with E-state index in [0.29, 0.717) is 5.92 Å². The Kier molecular flexibility index (Phi) is 4.27. The number of terminal acetylenes is 1. The summed E-state index contributed by atoms with van der Waals surface area (Å²) >= 11 is 9.02. The van der Waals surface area contributed by atoms with Gasteiger partial charge < -0.3 is 0 Å². The van der Waals surface area contributed by atoms with Gasteiger partial charge in [-0.05, 0) is 22.5 Å². The molecule has 0 heterocycles. The largest absolute Gasteiger partial charge is 0.438 e. The van der Waals surface area contributed by atoms with E-state index in [9.17, 15) is 30.9 Å². The Labute approximate surface area is 94.9 Å². The molecule has 0 aromatic rings. The third-order valence-corrected chi connectivity index (χ3v) is 2.15. The van der Waals surface area contributed by atoms with Crippen LogP contribution in [0.5, 0.6) is 0 Å². The monoisotopic (exact) mass is 308 g/mol. The van der Waals surface area contributed by atoms with E-state index in [0.717, 1.165) is 0 Å². The van der Waals surface area contributed by atoms with Crippen molar-refractivity contribution in [3.63, 3.8) is 0 Å². The fraction of sp³-hybridized carbons (Fsp3) is 0.600. The van der Waals surface area contributed by atoms with Gasteiger partial charge in [0.1, 0.15) is 0 Å². The quantitative estimate of drug-likeness (QED) is 0.436. The van der Waals surface area contributed by atoms with E-state index in [4.69, 9.17) is 0 Å². The van der Waals surface area contributed by atoms with Crippen molar-refractivity contribution < 1.29 is 35.4 Å². The minimum atomic E-state index is -6.07. The second kappa shape index (κ2) is 4.30. The average molecular weight is 309 g/mol. The Morgan fingerprint density at radius 2 is 1.38 bits per heavy atom. The lowest BCUT2D eigenvalue weighted by Gasteiger charge is -2.32. The number of hydrogen-bond donors (Lipinski definition) is 0. The number of hydrogen-bond acceptors (Lipinski definition) is 2. The molecule has 0 atom stereocenters. The van der Waals surface area contributed by atoms with Crippen molar-refractivity contribution in [2.45, 2.75) is 18.0 Å². The Morgan fingerprint density at radius 3 is 1.44 bits per heavy atom. The van der Waals surface area contributed by atoms with Gasteiger partial charge in [-0.2, -0.15) is 26.3 Å². The van der Waals surface area contributed by atoms with Crippen LogP contribution in [0.4, 0.5) is 26.3 Å². The lowest BCUT2D eigenvalue weighted by Crippen LogP contribution is -2.56. The van der Waals surface area contributed by atoms with Crippen molar-refractivity contribution in [2.75, 3.05) is 0 Å². The van der Waals surface area contributed by atoms with Crippen LogP contribution in [0.25, 0.3) is 0 Å². The molecule has 16 heavy (non-hydrogen) atoms. The minimum absolute atomic E-state index is 0.339. The van der Waals surface area contributed by atoms with Gasteiger partial charge in [0.05, 0.1) is 0 Å². The van der Waals surface area contributed by atoms with Crippen LogP contribution in [-0.4, -0.2) is 18.0 Å². The molecule has 0 saturated heterocycles. The zero-order chi connectivity index (χ0) is 13.4. The lowest BCUT2D eigenvalue weighted by molar-refractivity contribution is -0.332. The summed E-state index contributed by atoms with van der Waals surface area (Å²) in [6, 6.07) is 0. The summed E-state index contributed by atoms with van der Waals surface area (Å²) in [4.78, 5) is 0. The summed E-state index contributed by atoms with van der Waals surface area (Å²) in [5, 5.41) is 0. The maximum Gasteiger partial charge on any atom is 0.438 e. The fourth-order valence-corrected chi connectivity index (χ4v) is 1.81. The van der Waals surface area contributed by atoms with Crippen molar-refractivity contribution in [2.24, 2.45) is 0 Å². The lowest BCUT2D eigenvalue weighted by atomic mass is 10.1. The molecule has 0 unspecified atom stereocenters. The molecule has 0 aliphatic rings. The summed E-state index contributed by atoms with van der Waals surface area (Å²) < 4.78 is 86.7. The smallest absolute Gasteiger partial charge is 0.268 e. The van der Waals surface area contributed by atoms with Crippen LogP contribution in [0.1, 0.15) is 0 Å². The highest BCUT2D eigenvalue weighted by atomic mass is 35.9. The van der Waals surface area contributed by atoms with Crippen LogP contribution >= 0.6 is 28.6 Å². The zero-order valence-electron chi connectivity index (χ0n) is 6.86. The SMILES string of the molecule is C#CC(OP(=O)(Cl)Cl)(C(F)(F)F)C(F)(F)F. The normalized spacial score (nSPS) is 14.7. The predicted octanol–water partition coefficient (Wildman–Crippen LogP) is 4.09. The highest BCUT2D eigenvalue weighted by Gasteiger charge is 2.74. The third-order valence-electron chi connectivity index (χ3n) is 1.24. The second-order valence-corrected chi connectivity index (χ2v) is 6.53. The van der Waals surface area contributed by atoms with Crippen molar-refractivity contribution in [3.05, 3.63) is 0 Å². The summed E-state index contributed by atoms with van der Waals surface area (Å²) in [5.74, 6) is 0.339. The topological polar surface area (TPSA) is 26.3 Å². The predicted molar refractivity (Wildman–Crippen MR) is 44.1 cm³/mol. The standard InChI is InChI=1S/C5HCl2F6O2P/c1-2-3(4(8,9)10,5(11,12)13)15-16(6,7)14/h1H. The van der Waals surface area contributed by atoms with Crippen LogP contribution in [-0.2, 0) is 9.09 Å². The van der Waals surface area contributed by atoms with Crippen molar-refractivity contribution in [1.29, 1.82) is 0 Å². The molecule has 2 nitrogen and oxygen atoms in total. The maximum absolute atomic E-state index is 12.2. The Morgan fingerprint density at radius 1 is 1.06 bits per heavy atom. The van der Waals surface area contributed by atoms with Crippen LogP contribution in [0.3, 0.4) is 0 Å². The molecule has 0 spiro atoms. The van der Waals surface area contributed by atoms with Gasteiger partial charge in [-0.15, -0.1) is 6.42 Å². The molecule has 0 N–H and O–H groups in total. The first-order valence-corrected chi connectivity index (χ1v) is 6.51. The number of halogens is 8. The summed E-state index contributed by atoms with van der Waals surface area (Å²) in [7, 11) is 0. The van der Waals surface area contributed by atoms with Gasteiger partial charge in [-0.3, -0.25) is 9.09 Å². The molecule has 94 valence electrons. The molecular formula is C5HCl2F6O2P. The molecule has 0 aromatic carbocycles. The molecule has 0 aliphatic heterocycles. The van der Waals surface area contributed by atoms with E-state index in [1.165, 1.54) is 0 Å². The van der Waals surface area contributed by atoms with Gasteiger partial charge in [0.2, 0.25) is 0 Å². The van der Waals surface area contributed by atoms with Crippen LogP contribution in [0, 0.1) is 12.3 Å². The zero-order valence-corrected chi connectivity index (χ0v) is 9.27. The Balaban J connectivity index is 5.73. The second-order valence-electron chi connectivity index (χ2n) is 2.33. The van der Waals surface area contributed by atoms with Crippen LogP contribution in [0.15, 0.2) is 0 Å². The number of rotatable bonds is 2. The fourth-order valence-electron chi connectivity index (χ4n) is 0.614. The molecule has 0 amide bonds. The molecule has 0 rings (SSSR count). The van der Waals surface area contributed by atoms with Crippen LogP contribution < -0.4 is 0 Å². The van der Waals surface area contributed by atoms with E-state index in [1.54, 1.807) is 0 Å². The van der Waals surface area contributed by atoms with E-state index >= 15 is 0 Å². The number of alkyl halides is 6.